The number of hydrogen-bond acceptors (Lipinski definition) is 7. The van der Waals surface area contributed by atoms with Gasteiger partial charge in [-0.15, -0.1) is 10.2 Å². The van der Waals surface area contributed by atoms with Crippen molar-refractivity contribution in [3.63, 3.8) is 0 Å². The highest BCUT2D eigenvalue weighted by Gasteiger charge is 2.28. The number of methoxy groups -OCH3 is 1. The monoisotopic (exact) mass is 368 g/mol. The van der Waals surface area contributed by atoms with Gasteiger partial charge in [0.05, 0.1) is 7.11 Å². The van der Waals surface area contributed by atoms with E-state index < -0.39 is 17.9 Å². The van der Waals surface area contributed by atoms with E-state index in [-0.39, 0.29) is 0 Å². The summed E-state index contributed by atoms with van der Waals surface area (Å²) in [7, 11) is 1.26. The van der Waals surface area contributed by atoms with Gasteiger partial charge in [0.15, 0.2) is 11.0 Å². The van der Waals surface area contributed by atoms with Gasteiger partial charge in [0.2, 0.25) is 5.13 Å². The zero-order valence-electron chi connectivity index (χ0n) is 13.9. The first-order valence-electron chi connectivity index (χ1n) is 7.76. The Balaban J connectivity index is 1.78. The number of ether oxygens (including phenoxy) is 1. The fraction of sp³-hybridized carbons (Fsp3) is 0.111. The summed E-state index contributed by atoms with van der Waals surface area (Å²) < 4.78 is 4.80. The second-order valence-electron chi connectivity index (χ2n) is 5.23. The van der Waals surface area contributed by atoms with Gasteiger partial charge in [-0.2, -0.15) is 0 Å². The third kappa shape index (κ3) is 4.22. The van der Waals surface area contributed by atoms with Crippen molar-refractivity contribution in [2.45, 2.75) is 6.04 Å². The molecule has 3 rings (SSSR count). The van der Waals surface area contributed by atoms with Crippen LogP contribution in [-0.2, 0) is 9.53 Å². The van der Waals surface area contributed by atoms with E-state index in [0.29, 0.717) is 15.7 Å². The number of para-hydroxylation sites is 1. The third-order valence-electron chi connectivity index (χ3n) is 3.46. The van der Waals surface area contributed by atoms with Gasteiger partial charge in [0.25, 0.3) is 5.91 Å². The van der Waals surface area contributed by atoms with Crippen molar-refractivity contribution in [1.29, 1.82) is 0 Å². The molecule has 1 amide bonds. The molecule has 0 aliphatic carbocycles. The van der Waals surface area contributed by atoms with Crippen molar-refractivity contribution in [2.75, 3.05) is 12.4 Å². The maximum absolute atomic E-state index is 12.4. The van der Waals surface area contributed by atoms with Crippen LogP contribution in [0.2, 0.25) is 0 Å². The Morgan fingerprint density at radius 2 is 1.65 bits per heavy atom. The highest BCUT2D eigenvalue weighted by Crippen LogP contribution is 2.25. The summed E-state index contributed by atoms with van der Waals surface area (Å²) in [6.45, 7) is 0. The van der Waals surface area contributed by atoms with Gasteiger partial charge < -0.3 is 15.4 Å². The molecular weight excluding hydrogens is 352 g/mol. The number of carbonyl (C=O) groups is 2. The lowest BCUT2D eigenvalue weighted by molar-refractivity contribution is -0.143. The molecule has 0 bridgehead atoms. The van der Waals surface area contributed by atoms with Crippen molar-refractivity contribution >= 4 is 34.0 Å². The molecule has 26 heavy (non-hydrogen) atoms. The summed E-state index contributed by atoms with van der Waals surface area (Å²) >= 11 is 1.17. The van der Waals surface area contributed by atoms with Crippen LogP contribution in [0.15, 0.2) is 60.7 Å². The minimum atomic E-state index is -1.03. The van der Waals surface area contributed by atoms with E-state index in [1.807, 2.05) is 30.3 Å². The number of esters is 1. The van der Waals surface area contributed by atoms with Crippen LogP contribution in [0.3, 0.4) is 0 Å². The molecule has 8 heteroatoms. The van der Waals surface area contributed by atoms with Crippen molar-refractivity contribution in [1.82, 2.24) is 15.5 Å². The van der Waals surface area contributed by atoms with Gasteiger partial charge in [-0.05, 0) is 24.3 Å². The molecule has 7 nitrogen and oxygen atoms in total. The Labute approximate surface area is 154 Å². The summed E-state index contributed by atoms with van der Waals surface area (Å²) in [5.74, 6) is -1.01. The van der Waals surface area contributed by atoms with Gasteiger partial charge in [-0.3, -0.25) is 4.79 Å². The Morgan fingerprint density at radius 3 is 2.31 bits per heavy atom. The van der Waals surface area contributed by atoms with E-state index in [1.54, 1.807) is 30.3 Å². The highest BCUT2D eigenvalue weighted by molar-refractivity contribution is 7.15. The molecule has 0 aliphatic rings. The molecule has 2 N–H and O–H groups in total. The quantitative estimate of drug-likeness (QED) is 0.650. The van der Waals surface area contributed by atoms with Crippen LogP contribution in [-0.4, -0.2) is 29.2 Å². The average Bonchev–Trinajstić information content (AvgIpc) is 3.15. The SMILES string of the molecule is COC(=O)C(NC(=O)c1ccccc1)c1nnc(Nc2ccccc2)s1. The molecule has 1 heterocycles. The molecule has 1 unspecified atom stereocenters. The molecule has 0 fully saturated rings. The second kappa shape index (κ2) is 8.21. The van der Waals surface area contributed by atoms with Gasteiger partial charge >= 0.3 is 5.97 Å². The number of nitrogens with one attached hydrogen (secondary N) is 2. The fourth-order valence-electron chi connectivity index (χ4n) is 2.19. The van der Waals surface area contributed by atoms with Gasteiger partial charge in [0, 0.05) is 11.3 Å². The van der Waals surface area contributed by atoms with E-state index in [0.717, 1.165) is 5.69 Å². The summed E-state index contributed by atoms with van der Waals surface area (Å²) in [5.41, 5.74) is 1.28. The summed E-state index contributed by atoms with van der Waals surface area (Å²) in [6.07, 6.45) is 0. The number of anilines is 2. The number of nitrogens with zero attached hydrogens (tertiary/aromatic N) is 2. The third-order valence-corrected chi connectivity index (χ3v) is 4.36. The van der Waals surface area contributed by atoms with Crippen molar-refractivity contribution < 1.29 is 14.3 Å². The molecule has 0 radical (unpaired) electrons. The summed E-state index contributed by atoms with van der Waals surface area (Å²) in [6, 6.07) is 17.0. The Hall–Kier alpha value is -3.26. The molecule has 0 spiro atoms. The standard InChI is InChI=1S/C18H16N4O3S/c1-25-17(24)14(20-15(23)12-8-4-2-5-9-12)16-21-22-18(26-16)19-13-10-6-3-7-11-13/h2-11,14H,1H3,(H,19,22)(H,20,23). The van der Waals surface area contributed by atoms with E-state index in [4.69, 9.17) is 4.74 Å². The van der Waals surface area contributed by atoms with Gasteiger partial charge in [0.1, 0.15) is 0 Å². The summed E-state index contributed by atoms with van der Waals surface area (Å²) in [5, 5.41) is 14.6. The minimum Gasteiger partial charge on any atom is -0.467 e. The first-order chi connectivity index (χ1) is 12.7. The second-order valence-corrected chi connectivity index (χ2v) is 6.24. The lowest BCUT2D eigenvalue weighted by Crippen LogP contribution is -2.34. The predicted molar refractivity (Wildman–Crippen MR) is 98.3 cm³/mol. The molecule has 0 saturated carbocycles. The number of hydrogen-bond donors (Lipinski definition) is 2. The topological polar surface area (TPSA) is 93.2 Å². The van der Waals surface area contributed by atoms with Crippen LogP contribution in [0.5, 0.6) is 0 Å². The van der Waals surface area contributed by atoms with Crippen LogP contribution in [0, 0.1) is 0 Å². The lowest BCUT2D eigenvalue weighted by atomic mass is 10.2. The van der Waals surface area contributed by atoms with E-state index in [2.05, 4.69) is 20.8 Å². The van der Waals surface area contributed by atoms with Crippen molar-refractivity contribution in [2.24, 2.45) is 0 Å². The van der Waals surface area contributed by atoms with Gasteiger partial charge in [-0.1, -0.05) is 47.7 Å². The highest BCUT2D eigenvalue weighted by atomic mass is 32.1. The normalized spacial score (nSPS) is 11.4. The Morgan fingerprint density at radius 1 is 1.00 bits per heavy atom. The van der Waals surface area contributed by atoms with Crippen LogP contribution in [0.25, 0.3) is 0 Å². The molecule has 0 saturated heterocycles. The molecule has 1 atom stereocenters. The average molecular weight is 368 g/mol. The fourth-order valence-corrected chi connectivity index (χ4v) is 2.99. The molecule has 3 aromatic rings. The van der Waals surface area contributed by atoms with Crippen LogP contribution >= 0.6 is 11.3 Å². The maximum atomic E-state index is 12.4. The van der Waals surface area contributed by atoms with Crippen LogP contribution < -0.4 is 10.6 Å². The molecule has 2 aromatic carbocycles. The first kappa shape index (κ1) is 17.6. The number of amides is 1. The Kier molecular flexibility index (Phi) is 5.55. The predicted octanol–water partition coefficient (Wildman–Crippen LogP) is 2.93. The largest absolute Gasteiger partial charge is 0.467 e. The number of aromatic nitrogens is 2. The van der Waals surface area contributed by atoms with Crippen LogP contribution in [0.4, 0.5) is 10.8 Å². The number of benzene rings is 2. The summed E-state index contributed by atoms with van der Waals surface area (Å²) in [4.78, 5) is 24.5. The molecule has 0 aliphatic heterocycles. The molecule has 132 valence electrons. The lowest BCUT2D eigenvalue weighted by Gasteiger charge is -2.13. The maximum Gasteiger partial charge on any atom is 0.335 e. The van der Waals surface area contributed by atoms with Crippen LogP contribution in [0.1, 0.15) is 21.4 Å². The van der Waals surface area contributed by atoms with Gasteiger partial charge in [-0.25, -0.2) is 4.79 Å². The zero-order chi connectivity index (χ0) is 18.4. The van der Waals surface area contributed by atoms with E-state index >= 15 is 0 Å². The zero-order valence-corrected chi connectivity index (χ0v) is 14.7. The van der Waals surface area contributed by atoms with Crippen molar-refractivity contribution in [3.05, 3.63) is 71.2 Å². The number of rotatable bonds is 6. The Bertz CT molecular complexity index is 884. The number of carbonyl (C=O) groups excluding carboxylic acids is 2. The van der Waals surface area contributed by atoms with E-state index in [9.17, 15) is 9.59 Å². The van der Waals surface area contributed by atoms with Crippen molar-refractivity contribution in [3.8, 4) is 0 Å². The smallest absolute Gasteiger partial charge is 0.335 e. The minimum absolute atomic E-state index is 0.333. The molecular formula is C18H16N4O3S. The van der Waals surface area contributed by atoms with E-state index in [1.165, 1.54) is 18.4 Å². The first-order valence-corrected chi connectivity index (χ1v) is 8.58. The molecule has 1 aromatic heterocycles.